The number of piperidine rings is 1. The van der Waals surface area contributed by atoms with Crippen molar-refractivity contribution >= 4 is 11.7 Å². The van der Waals surface area contributed by atoms with Gasteiger partial charge in [0.2, 0.25) is 0 Å². The standard InChI is InChI=1S/C18H27N3O2/c1-18(23)10-8-14(9-11-18)19-17(22)15-6-5-7-16(20-15)21-12-3-2-4-13-21/h5-7,14,23H,2-4,8-13H2,1H3,(H,19,22). The predicted molar refractivity (Wildman–Crippen MR) is 90.6 cm³/mol. The van der Waals surface area contributed by atoms with Gasteiger partial charge in [-0.2, -0.15) is 0 Å². The summed E-state index contributed by atoms with van der Waals surface area (Å²) in [4.78, 5) is 19.3. The van der Waals surface area contributed by atoms with Crippen molar-refractivity contribution in [3.63, 3.8) is 0 Å². The van der Waals surface area contributed by atoms with Gasteiger partial charge in [0, 0.05) is 19.1 Å². The Kier molecular flexibility index (Phi) is 4.85. The molecule has 1 aromatic rings. The number of aliphatic hydroxyl groups is 1. The summed E-state index contributed by atoms with van der Waals surface area (Å²) >= 11 is 0. The second kappa shape index (κ2) is 6.87. The Balaban J connectivity index is 1.61. The molecule has 5 heteroatoms. The Labute approximate surface area is 138 Å². The molecule has 1 aliphatic heterocycles. The van der Waals surface area contributed by atoms with Crippen LogP contribution in [-0.2, 0) is 0 Å². The lowest BCUT2D eigenvalue weighted by molar-refractivity contribution is 0.0140. The molecule has 5 nitrogen and oxygen atoms in total. The Hall–Kier alpha value is -1.62. The maximum Gasteiger partial charge on any atom is 0.270 e. The molecule has 0 atom stereocenters. The summed E-state index contributed by atoms with van der Waals surface area (Å²) < 4.78 is 0. The van der Waals surface area contributed by atoms with Gasteiger partial charge in [-0.25, -0.2) is 4.98 Å². The second-order valence-corrected chi connectivity index (χ2v) is 7.17. The van der Waals surface area contributed by atoms with Crippen LogP contribution in [0.2, 0.25) is 0 Å². The van der Waals surface area contributed by atoms with Crippen LogP contribution in [0.1, 0.15) is 62.4 Å². The number of rotatable bonds is 3. The highest BCUT2D eigenvalue weighted by Crippen LogP contribution is 2.27. The molecule has 0 radical (unpaired) electrons. The Morgan fingerprint density at radius 2 is 1.96 bits per heavy atom. The first-order chi connectivity index (χ1) is 11.0. The van der Waals surface area contributed by atoms with Crippen LogP contribution in [0, 0.1) is 0 Å². The van der Waals surface area contributed by atoms with E-state index < -0.39 is 5.60 Å². The first-order valence-corrected chi connectivity index (χ1v) is 8.79. The summed E-state index contributed by atoms with van der Waals surface area (Å²) in [6, 6.07) is 5.82. The molecule has 0 aromatic carbocycles. The summed E-state index contributed by atoms with van der Waals surface area (Å²) in [5, 5.41) is 13.1. The monoisotopic (exact) mass is 317 g/mol. The fourth-order valence-electron chi connectivity index (χ4n) is 3.49. The van der Waals surface area contributed by atoms with Gasteiger partial charge in [0.15, 0.2) is 0 Å². The van der Waals surface area contributed by atoms with E-state index in [4.69, 9.17) is 0 Å². The van der Waals surface area contributed by atoms with Crippen molar-refractivity contribution in [2.75, 3.05) is 18.0 Å². The van der Waals surface area contributed by atoms with Gasteiger partial charge in [0.25, 0.3) is 5.91 Å². The van der Waals surface area contributed by atoms with E-state index in [0.717, 1.165) is 44.6 Å². The van der Waals surface area contributed by atoms with Crippen molar-refractivity contribution in [3.8, 4) is 0 Å². The molecule has 1 amide bonds. The van der Waals surface area contributed by atoms with Crippen molar-refractivity contribution in [2.24, 2.45) is 0 Å². The van der Waals surface area contributed by atoms with E-state index in [2.05, 4.69) is 15.2 Å². The van der Waals surface area contributed by atoms with Crippen LogP contribution in [0.15, 0.2) is 18.2 Å². The number of nitrogens with zero attached hydrogens (tertiary/aromatic N) is 2. The smallest absolute Gasteiger partial charge is 0.270 e. The number of carbonyl (C=O) groups is 1. The van der Waals surface area contributed by atoms with Gasteiger partial charge in [-0.1, -0.05) is 6.07 Å². The molecule has 2 fully saturated rings. The summed E-state index contributed by atoms with van der Waals surface area (Å²) in [6.45, 7) is 3.92. The minimum absolute atomic E-state index is 0.101. The van der Waals surface area contributed by atoms with Crippen LogP contribution in [0.5, 0.6) is 0 Å². The van der Waals surface area contributed by atoms with Crippen LogP contribution in [-0.4, -0.2) is 40.7 Å². The first kappa shape index (κ1) is 16.2. The van der Waals surface area contributed by atoms with Gasteiger partial charge in [0.1, 0.15) is 11.5 Å². The summed E-state index contributed by atoms with van der Waals surface area (Å²) in [7, 11) is 0. The third-order valence-corrected chi connectivity index (χ3v) is 5.05. The fourth-order valence-corrected chi connectivity index (χ4v) is 3.49. The highest BCUT2D eigenvalue weighted by Gasteiger charge is 2.29. The molecule has 126 valence electrons. The molecule has 1 aromatic heterocycles. The molecule has 1 saturated carbocycles. The van der Waals surface area contributed by atoms with Crippen LogP contribution in [0.25, 0.3) is 0 Å². The molecular formula is C18H27N3O2. The number of pyridine rings is 1. The van der Waals surface area contributed by atoms with Gasteiger partial charge in [0.05, 0.1) is 5.60 Å². The number of aromatic nitrogens is 1. The minimum Gasteiger partial charge on any atom is -0.390 e. The third-order valence-electron chi connectivity index (χ3n) is 5.05. The summed E-state index contributed by atoms with van der Waals surface area (Å²) in [5.41, 5.74) is -0.0846. The largest absolute Gasteiger partial charge is 0.390 e. The molecule has 0 unspecified atom stereocenters. The van der Waals surface area contributed by atoms with Gasteiger partial charge in [-0.15, -0.1) is 0 Å². The van der Waals surface area contributed by atoms with E-state index in [-0.39, 0.29) is 11.9 Å². The lowest BCUT2D eigenvalue weighted by Crippen LogP contribution is -2.42. The molecular weight excluding hydrogens is 290 g/mol. The minimum atomic E-state index is -0.576. The van der Waals surface area contributed by atoms with Crippen LogP contribution < -0.4 is 10.2 Å². The molecule has 1 aliphatic carbocycles. The van der Waals surface area contributed by atoms with E-state index >= 15 is 0 Å². The fraction of sp³-hybridized carbons (Fsp3) is 0.667. The van der Waals surface area contributed by atoms with E-state index in [1.54, 1.807) is 6.07 Å². The quantitative estimate of drug-likeness (QED) is 0.899. The maximum absolute atomic E-state index is 12.5. The van der Waals surface area contributed by atoms with E-state index in [9.17, 15) is 9.90 Å². The second-order valence-electron chi connectivity index (χ2n) is 7.17. The normalized spacial score (nSPS) is 28.4. The number of hydrogen-bond donors (Lipinski definition) is 2. The molecule has 2 N–H and O–H groups in total. The third kappa shape index (κ3) is 4.22. The van der Waals surface area contributed by atoms with Crippen LogP contribution >= 0.6 is 0 Å². The maximum atomic E-state index is 12.5. The number of anilines is 1. The molecule has 2 aliphatic rings. The number of nitrogens with one attached hydrogen (secondary N) is 1. The first-order valence-electron chi connectivity index (χ1n) is 8.79. The van der Waals surface area contributed by atoms with Crippen molar-refractivity contribution < 1.29 is 9.90 Å². The average Bonchev–Trinajstić information content (AvgIpc) is 2.58. The van der Waals surface area contributed by atoms with Crippen LogP contribution in [0.4, 0.5) is 5.82 Å². The topological polar surface area (TPSA) is 65.5 Å². The summed E-state index contributed by atoms with van der Waals surface area (Å²) in [6.07, 6.45) is 6.79. The molecule has 3 rings (SSSR count). The zero-order valence-corrected chi connectivity index (χ0v) is 13.9. The highest BCUT2D eigenvalue weighted by atomic mass is 16.3. The van der Waals surface area contributed by atoms with Crippen molar-refractivity contribution in [2.45, 2.75) is 63.5 Å². The predicted octanol–water partition coefficient (Wildman–Crippen LogP) is 2.50. The van der Waals surface area contributed by atoms with Gasteiger partial charge in [-0.05, 0) is 64.0 Å². The van der Waals surface area contributed by atoms with Crippen molar-refractivity contribution in [1.82, 2.24) is 10.3 Å². The van der Waals surface area contributed by atoms with Crippen molar-refractivity contribution in [1.29, 1.82) is 0 Å². The van der Waals surface area contributed by atoms with Crippen LogP contribution in [0.3, 0.4) is 0 Å². The van der Waals surface area contributed by atoms with Gasteiger partial charge < -0.3 is 15.3 Å². The lowest BCUT2D eigenvalue weighted by atomic mass is 9.83. The van der Waals surface area contributed by atoms with E-state index in [1.807, 2.05) is 19.1 Å². The highest BCUT2D eigenvalue weighted by molar-refractivity contribution is 5.92. The molecule has 0 spiro atoms. The van der Waals surface area contributed by atoms with Crippen molar-refractivity contribution in [3.05, 3.63) is 23.9 Å². The van der Waals surface area contributed by atoms with Gasteiger partial charge in [-0.3, -0.25) is 4.79 Å². The zero-order chi connectivity index (χ0) is 16.3. The summed E-state index contributed by atoms with van der Waals surface area (Å²) in [5.74, 6) is 0.805. The van der Waals surface area contributed by atoms with E-state index in [1.165, 1.54) is 19.3 Å². The molecule has 0 bridgehead atoms. The number of hydrogen-bond acceptors (Lipinski definition) is 4. The number of amides is 1. The lowest BCUT2D eigenvalue weighted by Gasteiger charge is -2.33. The SMILES string of the molecule is CC1(O)CCC(NC(=O)c2cccc(N3CCCCC3)n2)CC1. The average molecular weight is 317 g/mol. The molecule has 1 saturated heterocycles. The van der Waals surface area contributed by atoms with Gasteiger partial charge >= 0.3 is 0 Å². The Morgan fingerprint density at radius 3 is 2.65 bits per heavy atom. The Bertz CT molecular complexity index is 543. The van der Waals surface area contributed by atoms with E-state index in [0.29, 0.717) is 5.69 Å². The molecule has 23 heavy (non-hydrogen) atoms. The number of carbonyl (C=O) groups excluding carboxylic acids is 1. The molecule has 2 heterocycles. The Morgan fingerprint density at radius 1 is 1.26 bits per heavy atom. The zero-order valence-electron chi connectivity index (χ0n) is 13.9.